The molecule has 0 saturated carbocycles. The molecule has 5 aliphatic rings. The van der Waals surface area contributed by atoms with Crippen molar-refractivity contribution >= 4 is 33.4 Å². The Labute approximate surface area is 331 Å². The van der Waals surface area contributed by atoms with Crippen LogP contribution in [0.3, 0.4) is 0 Å². The first kappa shape index (κ1) is 34.1. The van der Waals surface area contributed by atoms with Crippen LogP contribution in [0.4, 0.5) is 17.1 Å². The average Bonchev–Trinajstić information content (AvgIpc) is 3.38. The van der Waals surface area contributed by atoms with Gasteiger partial charge in [0.2, 0.25) is 0 Å². The topological polar surface area (TPSA) is 6.48 Å². The molecule has 0 N–H and O–H groups in total. The summed E-state index contributed by atoms with van der Waals surface area (Å²) in [5.41, 5.74) is 15.6. The molecule has 3 atom stereocenters. The highest BCUT2D eigenvalue weighted by molar-refractivity contribution is 5.98. The maximum atomic E-state index is 2.60. The predicted octanol–water partition coefficient (Wildman–Crippen LogP) is 14.0. The monoisotopic (exact) mass is 722 g/mol. The van der Waals surface area contributed by atoms with E-state index < -0.39 is 0 Å². The quantitative estimate of drug-likeness (QED) is 0.165. The Morgan fingerprint density at radius 2 is 1.50 bits per heavy atom. The second-order valence-electron chi connectivity index (χ2n) is 15.6. The van der Waals surface area contributed by atoms with Crippen LogP contribution in [0, 0.1) is 11.8 Å². The summed E-state index contributed by atoms with van der Waals surface area (Å²) in [4.78, 5) is 5.07. The van der Waals surface area contributed by atoms with E-state index in [-0.39, 0.29) is 0 Å². The molecule has 0 spiro atoms. The molecule has 3 unspecified atom stereocenters. The fourth-order valence-corrected chi connectivity index (χ4v) is 9.45. The molecular formula is C54H46N2. The van der Waals surface area contributed by atoms with Crippen molar-refractivity contribution in [2.75, 3.05) is 9.80 Å². The first-order chi connectivity index (χ1) is 27.7. The lowest BCUT2D eigenvalue weighted by Crippen LogP contribution is -2.33. The lowest BCUT2D eigenvalue weighted by atomic mass is 9.78. The zero-order chi connectivity index (χ0) is 37.4. The van der Waals surface area contributed by atoms with E-state index in [1.807, 2.05) is 0 Å². The van der Waals surface area contributed by atoms with E-state index in [2.05, 4.69) is 211 Å². The number of rotatable bonds is 7. The number of para-hydroxylation sites is 1. The molecule has 10 rings (SSSR count). The zero-order valence-electron chi connectivity index (χ0n) is 31.9. The van der Waals surface area contributed by atoms with Crippen molar-refractivity contribution in [3.63, 3.8) is 0 Å². The second-order valence-corrected chi connectivity index (χ2v) is 15.6. The minimum Gasteiger partial charge on any atom is -0.337 e. The number of hydrogen-bond donors (Lipinski definition) is 0. The Balaban J connectivity index is 1.14. The molecule has 1 heterocycles. The van der Waals surface area contributed by atoms with Crippen LogP contribution in [0.2, 0.25) is 0 Å². The van der Waals surface area contributed by atoms with E-state index in [4.69, 9.17) is 0 Å². The number of fused-ring (bicyclic) bond motifs is 3. The molecule has 272 valence electrons. The summed E-state index contributed by atoms with van der Waals surface area (Å²) in [7, 11) is 0. The number of allylic oxidation sites excluding steroid dienone is 14. The van der Waals surface area contributed by atoms with Crippen molar-refractivity contribution in [1.82, 2.24) is 0 Å². The van der Waals surface area contributed by atoms with Crippen LogP contribution in [0.1, 0.15) is 38.2 Å². The van der Waals surface area contributed by atoms with Gasteiger partial charge in [-0.2, -0.15) is 0 Å². The highest BCUT2D eigenvalue weighted by Gasteiger charge is 2.41. The van der Waals surface area contributed by atoms with Crippen LogP contribution in [0.25, 0.3) is 27.5 Å². The van der Waals surface area contributed by atoms with Gasteiger partial charge in [0.15, 0.2) is 0 Å². The van der Waals surface area contributed by atoms with Crippen molar-refractivity contribution in [3.05, 3.63) is 228 Å². The summed E-state index contributed by atoms with van der Waals surface area (Å²) in [5, 5.41) is 2.47. The Kier molecular flexibility index (Phi) is 8.96. The number of nitrogens with zero attached hydrogens (tertiary/aromatic N) is 2. The normalized spacial score (nSPS) is 21.2. The number of hydrogen-bond acceptors (Lipinski definition) is 2. The molecule has 1 aliphatic heterocycles. The SMILES string of the molecule is CC1CC2=C(C=C1c1ccc(N(C3=CC=C(C4=CCCC=C4)CC=C3)c3cccc4ccccc34)cc1-c1ccccc1)C1C=CC=CC1N2c1ccccc1. The maximum Gasteiger partial charge on any atom is 0.0626 e. The van der Waals surface area contributed by atoms with E-state index in [1.54, 1.807) is 0 Å². The molecule has 0 amide bonds. The first-order valence-corrected chi connectivity index (χ1v) is 20.3. The van der Waals surface area contributed by atoms with E-state index in [1.165, 1.54) is 66.8 Å². The van der Waals surface area contributed by atoms with E-state index >= 15 is 0 Å². The first-order valence-electron chi connectivity index (χ1n) is 20.3. The van der Waals surface area contributed by atoms with Gasteiger partial charge in [0.05, 0.1) is 11.7 Å². The predicted molar refractivity (Wildman–Crippen MR) is 238 cm³/mol. The van der Waals surface area contributed by atoms with Crippen LogP contribution in [0.15, 0.2) is 222 Å². The van der Waals surface area contributed by atoms with Crippen molar-refractivity contribution in [1.29, 1.82) is 0 Å². The standard InChI is InChI=1S/C54H46N2/c1-38-35-54-51(48-28-13-14-29-53(48)56(54)43-24-9-4-10-25-43)37-49(38)47-34-33-45(36-50(47)42-19-7-3-8-20-42)55(52-30-16-23-41-21-11-12-27-46(41)52)44-26-15-22-40(31-32-44)39-17-5-2-6-18-39/h3-5,7-21,23-34,36-38,48,53H,2,6,22,35H2,1H3. The summed E-state index contributed by atoms with van der Waals surface area (Å²) >= 11 is 0. The molecule has 0 fully saturated rings. The van der Waals surface area contributed by atoms with Gasteiger partial charge < -0.3 is 9.80 Å². The Bertz CT molecular complexity index is 2600. The molecule has 5 aromatic carbocycles. The minimum absolute atomic E-state index is 0.293. The zero-order valence-corrected chi connectivity index (χ0v) is 31.9. The van der Waals surface area contributed by atoms with Crippen LogP contribution in [0.5, 0.6) is 0 Å². The van der Waals surface area contributed by atoms with Gasteiger partial charge >= 0.3 is 0 Å². The third-order valence-corrected chi connectivity index (χ3v) is 12.1. The fraction of sp³-hybridized carbons (Fsp3) is 0.148. The molecule has 56 heavy (non-hydrogen) atoms. The van der Waals surface area contributed by atoms with E-state index in [0.717, 1.165) is 37.1 Å². The van der Waals surface area contributed by atoms with Crippen LogP contribution >= 0.6 is 0 Å². The molecule has 4 aliphatic carbocycles. The Morgan fingerprint density at radius 1 is 0.696 bits per heavy atom. The van der Waals surface area contributed by atoms with Gasteiger partial charge in [0.1, 0.15) is 0 Å². The largest absolute Gasteiger partial charge is 0.337 e. The van der Waals surface area contributed by atoms with Crippen molar-refractivity contribution in [3.8, 4) is 11.1 Å². The molecule has 5 aromatic rings. The van der Waals surface area contributed by atoms with Gasteiger partial charge in [-0.3, -0.25) is 0 Å². The van der Waals surface area contributed by atoms with Gasteiger partial charge in [-0.15, -0.1) is 0 Å². The third-order valence-electron chi connectivity index (χ3n) is 12.1. The van der Waals surface area contributed by atoms with Crippen LogP contribution in [-0.4, -0.2) is 6.04 Å². The van der Waals surface area contributed by atoms with Crippen molar-refractivity contribution in [2.24, 2.45) is 11.8 Å². The van der Waals surface area contributed by atoms with Gasteiger partial charge in [0.25, 0.3) is 0 Å². The second kappa shape index (κ2) is 14.7. The average molecular weight is 723 g/mol. The summed E-state index contributed by atoms with van der Waals surface area (Å²) in [6, 6.07) is 44.9. The highest BCUT2D eigenvalue weighted by atomic mass is 15.2. The highest BCUT2D eigenvalue weighted by Crippen LogP contribution is 2.50. The van der Waals surface area contributed by atoms with E-state index in [0.29, 0.717) is 17.9 Å². The van der Waals surface area contributed by atoms with Crippen molar-refractivity contribution < 1.29 is 0 Å². The minimum atomic E-state index is 0.293. The van der Waals surface area contributed by atoms with Gasteiger partial charge in [-0.05, 0) is 118 Å². The lowest BCUT2D eigenvalue weighted by molar-refractivity contribution is 0.669. The lowest BCUT2D eigenvalue weighted by Gasteiger charge is -2.33. The fourth-order valence-electron chi connectivity index (χ4n) is 9.45. The van der Waals surface area contributed by atoms with E-state index in [9.17, 15) is 0 Å². The molecule has 0 aromatic heterocycles. The third kappa shape index (κ3) is 6.16. The Hall–Kier alpha value is -6.38. The summed E-state index contributed by atoms with van der Waals surface area (Å²) in [5.74, 6) is 0.667. The molecule has 0 radical (unpaired) electrons. The Morgan fingerprint density at radius 3 is 2.36 bits per heavy atom. The van der Waals surface area contributed by atoms with Crippen LogP contribution in [-0.2, 0) is 0 Å². The maximum absolute atomic E-state index is 2.60. The summed E-state index contributed by atoms with van der Waals surface area (Å²) < 4.78 is 0. The van der Waals surface area contributed by atoms with Gasteiger partial charge in [-0.25, -0.2) is 0 Å². The molecule has 0 bridgehead atoms. The summed E-state index contributed by atoms with van der Waals surface area (Å²) in [6.45, 7) is 2.42. The van der Waals surface area contributed by atoms with Gasteiger partial charge in [0, 0.05) is 34.1 Å². The van der Waals surface area contributed by atoms with Crippen molar-refractivity contribution in [2.45, 2.75) is 38.6 Å². The summed E-state index contributed by atoms with van der Waals surface area (Å²) in [6.07, 6.45) is 32.2. The smallest absolute Gasteiger partial charge is 0.0626 e. The van der Waals surface area contributed by atoms with Gasteiger partial charge in [-0.1, -0.05) is 159 Å². The molecule has 2 heteroatoms. The number of anilines is 3. The molecule has 2 nitrogen and oxygen atoms in total. The van der Waals surface area contributed by atoms with Crippen LogP contribution < -0.4 is 9.80 Å². The molecule has 0 saturated heterocycles. The molecular weight excluding hydrogens is 677 g/mol. The number of benzene rings is 5.